The molecule has 0 aromatic heterocycles. The molecule has 5 nitrogen and oxygen atoms in total. The van der Waals surface area contributed by atoms with Gasteiger partial charge in [0.25, 0.3) is 10.0 Å². The monoisotopic (exact) mass is 343 g/mol. The van der Waals surface area contributed by atoms with E-state index in [9.17, 15) is 13.2 Å². The third kappa shape index (κ3) is 4.82. The topological polar surface area (TPSA) is 83.5 Å². The first-order valence-electron chi connectivity index (χ1n) is 7.15. The molecular formula is C18H17NO4S. The number of carboxylic acids is 1. The fourth-order valence-corrected chi connectivity index (χ4v) is 3.12. The Morgan fingerprint density at radius 3 is 2.29 bits per heavy atom. The lowest BCUT2D eigenvalue weighted by Gasteiger charge is -2.11. The van der Waals surface area contributed by atoms with E-state index in [0.717, 1.165) is 6.08 Å². The first-order chi connectivity index (χ1) is 11.4. The first kappa shape index (κ1) is 17.5. The van der Waals surface area contributed by atoms with E-state index in [1.165, 1.54) is 18.2 Å². The molecule has 0 spiro atoms. The van der Waals surface area contributed by atoms with Crippen molar-refractivity contribution < 1.29 is 18.3 Å². The van der Waals surface area contributed by atoms with Gasteiger partial charge in [0.05, 0.1) is 10.6 Å². The standard InChI is InChI=1S/C18H17NO4S/c1-14(11-12-18(20)21)13-15-7-5-6-10-17(15)19-24(22,23)16-8-3-2-4-9-16/h2-13,19H,1H3,(H,20,21). The number of benzene rings is 2. The molecule has 2 rings (SSSR count). The van der Waals surface area contributed by atoms with Gasteiger partial charge in [0.2, 0.25) is 0 Å². The van der Waals surface area contributed by atoms with Crippen LogP contribution in [-0.4, -0.2) is 19.5 Å². The fraction of sp³-hybridized carbons (Fsp3) is 0.0556. The van der Waals surface area contributed by atoms with Gasteiger partial charge in [-0.05, 0) is 36.8 Å². The number of sulfonamides is 1. The molecule has 124 valence electrons. The summed E-state index contributed by atoms with van der Waals surface area (Å²) in [7, 11) is -3.69. The van der Waals surface area contributed by atoms with Gasteiger partial charge < -0.3 is 5.11 Å². The van der Waals surface area contributed by atoms with E-state index in [1.54, 1.807) is 55.5 Å². The van der Waals surface area contributed by atoms with Crippen molar-refractivity contribution in [3.63, 3.8) is 0 Å². The van der Waals surface area contributed by atoms with Crippen molar-refractivity contribution in [3.8, 4) is 0 Å². The lowest BCUT2D eigenvalue weighted by molar-refractivity contribution is -0.131. The Bertz CT molecular complexity index is 884. The van der Waals surface area contributed by atoms with Crippen LogP contribution in [0.15, 0.2) is 77.2 Å². The Kier molecular flexibility index (Phi) is 5.55. The molecule has 0 amide bonds. The van der Waals surface area contributed by atoms with Crippen molar-refractivity contribution in [3.05, 3.63) is 77.9 Å². The lowest BCUT2D eigenvalue weighted by atomic mass is 10.1. The van der Waals surface area contributed by atoms with Crippen LogP contribution in [0.1, 0.15) is 12.5 Å². The molecule has 0 aliphatic rings. The van der Waals surface area contributed by atoms with Crippen LogP contribution < -0.4 is 4.72 Å². The lowest BCUT2D eigenvalue weighted by Crippen LogP contribution is -2.13. The molecule has 2 aromatic carbocycles. The number of aliphatic carboxylic acids is 1. The average molecular weight is 343 g/mol. The highest BCUT2D eigenvalue weighted by Gasteiger charge is 2.14. The van der Waals surface area contributed by atoms with Gasteiger partial charge in [0.15, 0.2) is 0 Å². The second kappa shape index (κ2) is 7.61. The highest BCUT2D eigenvalue weighted by molar-refractivity contribution is 7.92. The van der Waals surface area contributed by atoms with Gasteiger partial charge in [0, 0.05) is 6.08 Å². The van der Waals surface area contributed by atoms with Crippen molar-refractivity contribution in [2.45, 2.75) is 11.8 Å². The minimum absolute atomic E-state index is 0.172. The normalized spacial score (nSPS) is 12.3. The maximum Gasteiger partial charge on any atom is 0.328 e. The van der Waals surface area contributed by atoms with E-state index in [1.807, 2.05) is 0 Å². The van der Waals surface area contributed by atoms with E-state index in [0.29, 0.717) is 16.8 Å². The number of carboxylic acid groups (broad SMARTS) is 1. The summed E-state index contributed by atoms with van der Waals surface area (Å²) in [5.41, 5.74) is 1.75. The highest BCUT2D eigenvalue weighted by Crippen LogP contribution is 2.22. The van der Waals surface area contributed by atoms with E-state index >= 15 is 0 Å². The molecule has 0 saturated heterocycles. The Hall–Kier alpha value is -2.86. The molecule has 0 aliphatic heterocycles. The predicted molar refractivity (Wildman–Crippen MR) is 94.1 cm³/mol. The zero-order valence-corrected chi connectivity index (χ0v) is 13.8. The fourth-order valence-electron chi connectivity index (χ4n) is 2.02. The molecule has 0 aliphatic carbocycles. The van der Waals surface area contributed by atoms with Crippen LogP contribution in [0.3, 0.4) is 0 Å². The largest absolute Gasteiger partial charge is 0.478 e. The van der Waals surface area contributed by atoms with Crippen LogP contribution in [0.5, 0.6) is 0 Å². The summed E-state index contributed by atoms with van der Waals surface area (Å²) in [6, 6.07) is 15.0. The maximum atomic E-state index is 12.4. The van der Waals surface area contributed by atoms with Gasteiger partial charge >= 0.3 is 5.97 Å². The Morgan fingerprint density at radius 1 is 1.00 bits per heavy atom. The predicted octanol–water partition coefficient (Wildman–Crippen LogP) is 3.53. The summed E-state index contributed by atoms with van der Waals surface area (Å²) < 4.78 is 27.4. The van der Waals surface area contributed by atoms with Crippen LogP contribution in [0, 0.1) is 0 Å². The van der Waals surface area contributed by atoms with E-state index in [-0.39, 0.29) is 4.90 Å². The van der Waals surface area contributed by atoms with Gasteiger partial charge in [0.1, 0.15) is 0 Å². The van der Waals surface area contributed by atoms with Crippen LogP contribution in [0.2, 0.25) is 0 Å². The summed E-state index contributed by atoms with van der Waals surface area (Å²) in [6.45, 7) is 1.74. The number of anilines is 1. The zero-order valence-electron chi connectivity index (χ0n) is 13.0. The van der Waals surface area contributed by atoms with Crippen molar-refractivity contribution in [2.24, 2.45) is 0 Å². The quantitative estimate of drug-likeness (QED) is 0.621. The Morgan fingerprint density at radius 2 is 1.62 bits per heavy atom. The Balaban J connectivity index is 2.33. The molecule has 2 aromatic rings. The molecule has 0 fully saturated rings. The van der Waals surface area contributed by atoms with E-state index in [4.69, 9.17) is 5.11 Å². The van der Waals surface area contributed by atoms with Gasteiger partial charge in [-0.2, -0.15) is 0 Å². The van der Waals surface area contributed by atoms with E-state index in [2.05, 4.69) is 4.72 Å². The second-order valence-corrected chi connectivity index (χ2v) is 6.75. The number of para-hydroxylation sites is 1. The van der Waals surface area contributed by atoms with Crippen LogP contribution in [-0.2, 0) is 14.8 Å². The van der Waals surface area contributed by atoms with Crippen LogP contribution in [0.4, 0.5) is 5.69 Å². The first-order valence-corrected chi connectivity index (χ1v) is 8.63. The summed E-state index contributed by atoms with van der Waals surface area (Å²) in [4.78, 5) is 10.7. The minimum Gasteiger partial charge on any atom is -0.478 e. The van der Waals surface area contributed by atoms with Crippen molar-refractivity contribution >= 4 is 27.8 Å². The zero-order chi connectivity index (χ0) is 17.6. The molecule has 0 saturated carbocycles. The highest BCUT2D eigenvalue weighted by atomic mass is 32.2. The van der Waals surface area contributed by atoms with Gasteiger partial charge in [-0.3, -0.25) is 4.72 Å². The molecule has 24 heavy (non-hydrogen) atoms. The SMILES string of the molecule is CC(C=CC(=O)O)=Cc1ccccc1NS(=O)(=O)c1ccccc1. The molecular weight excluding hydrogens is 326 g/mol. The third-order valence-electron chi connectivity index (χ3n) is 3.13. The number of carbonyl (C=O) groups is 1. The molecule has 0 radical (unpaired) electrons. The van der Waals surface area contributed by atoms with Gasteiger partial charge in [-0.15, -0.1) is 0 Å². The molecule has 0 unspecified atom stereocenters. The second-order valence-electron chi connectivity index (χ2n) is 5.07. The van der Waals surface area contributed by atoms with Gasteiger partial charge in [-0.25, -0.2) is 13.2 Å². The third-order valence-corrected chi connectivity index (χ3v) is 4.51. The average Bonchev–Trinajstić information content (AvgIpc) is 2.55. The Labute approximate surface area is 141 Å². The number of hydrogen-bond acceptors (Lipinski definition) is 3. The molecule has 0 heterocycles. The van der Waals surface area contributed by atoms with Crippen LogP contribution in [0.25, 0.3) is 6.08 Å². The summed E-state index contributed by atoms with van der Waals surface area (Å²) in [5, 5.41) is 8.66. The molecule has 0 bridgehead atoms. The van der Waals surface area contributed by atoms with Crippen molar-refractivity contribution in [1.29, 1.82) is 0 Å². The maximum absolute atomic E-state index is 12.4. The number of allylic oxidation sites excluding steroid dienone is 2. The number of hydrogen-bond donors (Lipinski definition) is 2. The molecule has 2 N–H and O–H groups in total. The summed E-state index contributed by atoms with van der Waals surface area (Å²) in [6.07, 6.45) is 4.19. The van der Waals surface area contributed by atoms with Crippen molar-refractivity contribution in [1.82, 2.24) is 0 Å². The smallest absolute Gasteiger partial charge is 0.328 e. The van der Waals surface area contributed by atoms with Gasteiger partial charge in [-0.1, -0.05) is 48.0 Å². The minimum atomic E-state index is -3.69. The number of nitrogens with one attached hydrogen (secondary N) is 1. The summed E-state index contributed by atoms with van der Waals surface area (Å²) in [5.74, 6) is -1.04. The number of rotatable bonds is 6. The summed E-state index contributed by atoms with van der Waals surface area (Å²) >= 11 is 0. The molecule has 0 atom stereocenters. The van der Waals surface area contributed by atoms with Crippen molar-refractivity contribution in [2.75, 3.05) is 4.72 Å². The van der Waals surface area contributed by atoms with E-state index < -0.39 is 16.0 Å². The molecule has 6 heteroatoms. The van der Waals surface area contributed by atoms with Crippen LogP contribution >= 0.6 is 0 Å².